The van der Waals surface area contributed by atoms with Crippen LogP contribution in [0.4, 0.5) is 0 Å². The Hall–Kier alpha value is -1.97. The van der Waals surface area contributed by atoms with Gasteiger partial charge < -0.3 is 5.11 Å². The molecule has 0 heterocycles. The molecule has 4 heteroatoms. The molecule has 0 aliphatic heterocycles. The lowest BCUT2D eigenvalue weighted by Gasteiger charge is -2.09. The highest BCUT2D eigenvalue weighted by Crippen LogP contribution is 2.13. The second kappa shape index (κ2) is 5.21. The van der Waals surface area contributed by atoms with Crippen molar-refractivity contribution < 1.29 is 19.5 Å². The lowest BCUT2D eigenvalue weighted by Crippen LogP contribution is -2.26. The topological polar surface area (TPSA) is 71.4 Å². The predicted octanol–water partition coefficient (Wildman–Crippen LogP) is 1.55. The van der Waals surface area contributed by atoms with Crippen LogP contribution in [0.3, 0.4) is 0 Å². The van der Waals surface area contributed by atoms with Crippen LogP contribution in [0.1, 0.15) is 23.7 Å². The molecule has 1 aromatic rings. The molecule has 0 aliphatic carbocycles. The van der Waals surface area contributed by atoms with Crippen molar-refractivity contribution in [2.24, 2.45) is 5.92 Å². The smallest absolute Gasteiger partial charge is 0.314 e. The minimum atomic E-state index is -1.28. The van der Waals surface area contributed by atoms with E-state index in [0.717, 1.165) is 0 Å². The van der Waals surface area contributed by atoms with Gasteiger partial charge in [-0.1, -0.05) is 30.3 Å². The van der Waals surface area contributed by atoms with E-state index in [-0.39, 0.29) is 12.2 Å². The highest BCUT2D eigenvalue weighted by molar-refractivity contribution is 6.10. The summed E-state index contributed by atoms with van der Waals surface area (Å²) >= 11 is 0. The van der Waals surface area contributed by atoms with E-state index in [4.69, 9.17) is 5.11 Å². The Kier molecular flexibility index (Phi) is 3.94. The third kappa shape index (κ3) is 3.02. The van der Waals surface area contributed by atoms with E-state index < -0.39 is 17.7 Å². The van der Waals surface area contributed by atoms with Crippen molar-refractivity contribution in [3.05, 3.63) is 35.9 Å². The van der Waals surface area contributed by atoms with Gasteiger partial charge in [0.2, 0.25) is 0 Å². The number of hydrogen-bond acceptors (Lipinski definition) is 3. The minimum Gasteiger partial charge on any atom is -0.481 e. The van der Waals surface area contributed by atoms with Crippen LogP contribution < -0.4 is 0 Å². The summed E-state index contributed by atoms with van der Waals surface area (Å²) in [6, 6.07) is 8.12. The molecule has 1 aromatic carbocycles. The first kappa shape index (κ1) is 12.1. The molecule has 1 unspecified atom stereocenters. The Bertz CT molecular complexity index is 408. The maximum absolute atomic E-state index is 11.8. The number of Topliss-reactive ketones (excluding diaryl/α,β-unsaturated/α-hetero) is 2. The SMILES string of the molecule is CC(=O)CC(C(=O)O)C(=O)c1ccccc1. The van der Waals surface area contributed by atoms with Crippen molar-refractivity contribution in [3.63, 3.8) is 0 Å². The molecule has 0 aromatic heterocycles. The molecule has 4 nitrogen and oxygen atoms in total. The number of ketones is 2. The van der Waals surface area contributed by atoms with Crippen LogP contribution >= 0.6 is 0 Å². The fourth-order valence-electron chi connectivity index (χ4n) is 1.38. The molecule has 1 atom stereocenters. The molecule has 0 radical (unpaired) electrons. The number of carbonyl (C=O) groups is 3. The fraction of sp³-hybridized carbons (Fsp3) is 0.250. The van der Waals surface area contributed by atoms with Crippen molar-refractivity contribution >= 4 is 17.5 Å². The van der Waals surface area contributed by atoms with E-state index >= 15 is 0 Å². The van der Waals surface area contributed by atoms with Crippen molar-refractivity contribution in [2.45, 2.75) is 13.3 Å². The van der Waals surface area contributed by atoms with Gasteiger partial charge in [-0.15, -0.1) is 0 Å². The van der Waals surface area contributed by atoms with Crippen molar-refractivity contribution in [3.8, 4) is 0 Å². The number of hydrogen-bond donors (Lipinski definition) is 1. The van der Waals surface area contributed by atoms with Crippen LogP contribution in [0, 0.1) is 5.92 Å². The average molecular weight is 220 g/mol. The van der Waals surface area contributed by atoms with Crippen molar-refractivity contribution in [1.29, 1.82) is 0 Å². The summed E-state index contributed by atoms with van der Waals surface area (Å²) in [5.74, 6) is -3.37. The van der Waals surface area contributed by atoms with Gasteiger partial charge in [0.25, 0.3) is 0 Å². The molecule has 0 saturated carbocycles. The van der Waals surface area contributed by atoms with Crippen LogP contribution in [-0.4, -0.2) is 22.6 Å². The first-order chi connectivity index (χ1) is 7.52. The van der Waals surface area contributed by atoms with E-state index in [1.807, 2.05) is 0 Å². The standard InChI is InChI=1S/C12H12O4/c1-8(13)7-10(12(15)16)11(14)9-5-3-2-4-6-9/h2-6,10H,7H2,1H3,(H,15,16). The molecular weight excluding hydrogens is 208 g/mol. The highest BCUT2D eigenvalue weighted by Gasteiger charge is 2.28. The van der Waals surface area contributed by atoms with Gasteiger partial charge in [0, 0.05) is 12.0 Å². The zero-order valence-corrected chi connectivity index (χ0v) is 8.84. The second-order valence-corrected chi connectivity index (χ2v) is 3.53. The molecule has 0 fully saturated rings. The normalized spacial score (nSPS) is 11.8. The summed E-state index contributed by atoms with van der Waals surface area (Å²) in [5, 5.41) is 8.88. The third-order valence-electron chi connectivity index (χ3n) is 2.16. The summed E-state index contributed by atoms with van der Waals surface area (Å²) in [5.41, 5.74) is 0.316. The Morgan fingerprint density at radius 1 is 1.19 bits per heavy atom. The van der Waals surface area contributed by atoms with Crippen LogP contribution in [0.25, 0.3) is 0 Å². The average Bonchev–Trinajstić information content (AvgIpc) is 2.25. The lowest BCUT2D eigenvalue weighted by molar-refractivity contribution is -0.141. The summed E-state index contributed by atoms with van der Waals surface area (Å²) in [4.78, 5) is 33.5. The van der Waals surface area contributed by atoms with Crippen LogP contribution in [0.2, 0.25) is 0 Å². The molecule has 84 valence electrons. The quantitative estimate of drug-likeness (QED) is 0.603. The molecule has 0 amide bonds. The van der Waals surface area contributed by atoms with Crippen molar-refractivity contribution in [2.75, 3.05) is 0 Å². The summed E-state index contributed by atoms with van der Waals surface area (Å²) in [7, 11) is 0. The van der Waals surface area contributed by atoms with Gasteiger partial charge in [-0.05, 0) is 6.92 Å². The highest BCUT2D eigenvalue weighted by atomic mass is 16.4. The minimum absolute atomic E-state index is 0.261. The summed E-state index contributed by atoms with van der Waals surface area (Å²) in [6.45, 7) is 1.27. The Morgan fingerprint density at radius 2 is 1.75 bits per heavy atom. The van der Waals surface area contributed by atoms with Gasteiger partial charge >= 0.3 is 5.97 Å². The Balaban J connectivity index is 2.92. The summed E-state index contributed by atoms with van der Waals surface area (Å²) in [6.07, 6.45) is -0.261. The van der Waals surface area contributed by atoms with Gasteiger partial charge in [0.05, 0.1) is 0 Å². The Labute approximate surface area is 92.9 Å². The van der Waals surface area contributed by atoms with Crippen LogP contribution in [-0.2, 0) is 9.59 Å². The van der Waals surface area contributed by atoms with Crippen LogP contribution in [0.5, 0.6) is 0 Å². The maximum Gasteiger partial charge on any atom is 0.314 e. The van der Waals surface area contributed by atoms with E-state index in [1.165, 1.54) is 6.92 Å². The molecule has 1 rings (SSSR count). The predicted molar refractivity (Wildman–Crippen MR) is 57.2 cm³/mol. The number of benzene rings is 1. The largest absolute Gasteiger partial charge is 0.481 e. The van der Waals surface area contributed by atoms with Gasteiger partial charge in [-0.3, -0.25) is 14.4 Å². The van der Waals surface area contributed by atoms with Gasteiger partial charge in [0.15, 0.2) is 5.78 Å². The fourth-order valence-corrected chi connectivity index (χ4v) is 1.38. The number of carbonyl (C=O) groups excluding carboxylic acids is 2. The van der Waals surface area contributed by atoms with Gasteiger partial charge in [-0.25, -0.2) is 0 Å². The summed E-state index contributed by atoms with van der Waals surface area (Å²) < 4.78 is 0. The number of rotatable bonds is 5. The zero-order valence-electron chi connectivity index (χ0n) is 8.84. The number of aliphatic carboxylic acids is 1. The van der Waals surface area contributed by atoms with Crippen LogP contribution in [0.15, 0.2) is 30.3 Å². The lowest BCUT2D eigenvalue weighted by atomic mass is 9.93. The van der Waals surface area contributed by atoms with Gasteiger partial charge in [0.1, 0.15) is 11.7 Å². The first-order valence-corrected chi connectivity index (χ1v) is 4.84. The Morgan fingerprint density at radius 3 is 2.19 bits per heavy atom. The monoisotopic (exact) mass is 220 g/mol. The number of carboxylic acid groups (broad SMARTS) is 1. The molecule has 16 heavy (non-hydrogen) atoms. The molecule has 0 spiro atoms. The van der Waals surface area contributed by atoms with Crippen molar-refractivity contribution in [1.82, 2.24) is 0 Å². The number of carboxylic acids is 1. The molecule has 0 bridgehead atoms. The third-order valence-corrected chi connectivity index (χ3v) is 2.16. The van der Waals surface area contributed by atoms with E-state index in [9.17, 15) is 14.4 Å². The van der Waals surface area contributed by atoms with E-state index in [1.54, 1.807) is 30.3 Å². The molecular formula is C12H12O4. The van der Waals surface area contributed by atoms with Gasteiger partial charge in [-0.2, -0.15) is 0 Å². The molecule has 0 saturated heterocycles. The molecule has 1 N–H and O–H groups in total. The zero-order chi connectivity index (χ0) is 12.1. The maximum atomic E-state index is 11.8. The molecule has 0 aliphatic rings. The van der Waals surface area contributed by atoms with E-state index in [0.29, 0.717) is 5.56 Å². The van der Waals surface area contributed by atoms with E-state index in [2.05, 4.69) is 0 Å². The second-order valence-electron chi connectivity index (χ2n) is 3.53. The first-order valence-electron chi connectivity index (χ1n) is 4.84.